The summed E-state index contributed by atoms with van der Waals surface area (Å²) in [5, 5.41) is 0. The number of hydrogen-bond donors (Lipinski definition) is 0. The number of anilines is 1. The highest BCUT2D eigenvalue weighted by Gasteiger charge is 2.23. The van der Waals surface area contributed by atoms with Gasteiger partial charge < -0.3 is 9.47 Å². The lowest BCUT2D eigenvalue weighted by molar-refractivity contribution is -0.140. The van der Waals surface area contributed by atoms with E-state index in [2.05, 4.69) is 4.74 Å². The molecule has 0 unspecified atom stereocenters. The van der Waals surface area contributed by atoms with Crippen LogP contribution in [0.3, 0.4) is 0 Å². The predicted molar refractivity (Wildman–Crippen MR) is 141 cm³/mol. The zero-order valence-electron chi connectivity index (χ0n) is 19.8. The van der Waals surface area contributed by atoms with Gasteiger partial charge in [-0.1, -0.05) is 23.8 Å². The largest absolute Gasteiger partial charge is 0.469 e. The zero-order valence-corrected chi connectivity index (χ0v) is 22.8. The van der Waals surface area contributed by atoms with Crippen LogP contribution in [0.1, 0.15) is 41.6 Å². The number of benzene rings is 2. The Morgan fingerprint density at radius 1 is 1.03 bits per heavy atom. The van der Waals surface area contributed by atoms with Gasteiger partial charge in [0.2, 0.25) is 6.41 Å². The van der Waals surface area contributed by atoms with E-state index in [1.807, 2.05) is 29.5 Å². The third kappa shape index (κ3) is 8.17. The van der Waals surface area contributed by atoms with Crippen LogP contribution in [0.5, 0.6) is 0 Å². The monoisotopic (exact) mass is 613 g/mol. The molecule has 0 heterocycles. The van der Waals surface area contributed by atoms with Gasteiger partial charge in [-0.25, -0.2) is 13.2 Å². The minimum absolute atomic E-state index is 0.154. The van der Waals surface area contributed by atoms with Crippen molar-refractivity contribution in [3.63, 3.8) is 0 Å². The van der Waals surface area contributed by atoms with Crippen LogP contribution >= 0.6 is 22.6 Å². The summed E-state index contributed by atoms with van der Waals surface area (Å²) in [6.45, 7) is 1.87. The van der Waals surface area contributed by atoms with E-state index in [-0.39, 0.29) is 23.0 Å². The lowest BCUT2D eigenvalue weighted by Crippen LogP contribution is -2.27. The number of hydrogen-bond acceptors (Lipinski definition) is 7. The Labute approximate surface area is 219 Å². The molecule has 0 aliphatic carbocycles. The van der Waals surface area contributed by atoms with Crippen molar-refractivity contribution in [3.05, 3.63) is 68.9 Å². The van der Waals surface area contributed by atoms with E-state index in [1.54, 1.807) is 42.5 Å². The topological polar surface area (TPSA) is 107 Å². The highest BCUT2D eigenvalue weighted by molar-refractivity contribution is 14.1. The number of aryl methyl sites for hydroxylation is 1. The van der Waals surface area contributed by atoms with Crippen molar-refractivity contribution < 1.29 is 32.3 Å². The van der Waals surface area contributed by atoms with Crippen molar-refractivity contribution >= 4 is 56.5 Å². The standard InChI is InChI=1S/C25H28INO7S/c1-18-9-12-21(13-10-18)35(31,32)16-20(7-5-4-6-8-24(29)33-2)27(17-28)23-14-11-19(15-22(23)26)25(30)34-3/h7,9-15,17H,4-6,8,16H2,1-3H3/b20-7+. The van der Waals surface area contributed by atoms with Crippen molar-refractivity contribution in [2.75, 3.05) is 24.9 Å². The first-order valence-electron chi connectivity index (χ1n) is 10.8. The van der Waals surface area contributed by atoms with Gasteiger partial charge in [-0.2, -0.15) is 0 Å². The van der Waals surface area contributed by atoms with Crippen LogP contribution in [0.4, 0.5) is 5.69 Å². The Kier molecular flexibility index (Phi) is 10.9. The molecule has 0 N–H and O–H groups in total. The fraction of sp³-hybridized carbons (Fsp3) is 0.320. The molecule has 0 saturated heterocycles. The van der Waals surface area contributed by atoms with Gasteiger partial charge >= 0.3 is 11.9 Å². The second kappa shape index (κ2) is 13.4. The first kappa shape index (κ1) is 28.5. The van der Waals surface area contributed by atoms with Gasteiger partial charge in [-0.05, 0) is 79.1 Å². The average Bonchev–Trinajstić information content (AvgIpc) is 2.84. The third-order valence-electron chi connectivity index (χ3n) is 5.20. The number of rotatable bonds is 12. The molecule has 0 aliphatic heterocycles. The minimum atomic E-state index is -3.76. The molecule has 0 radical (unpaired) electrons. The molecule has 2 aromatic carbocycles. The molecule has 10 heteroatoms. The van der Waals surface area contributed by atoms with Crippen LogP contribution in [0.15, 0.2) is 59.1 Å². The van der Waals surface area contributed by atoms with Crippen molar-refractivity contribution in [1.82, 2.24) is 0 Å². The van der Waals surface area contributed by atoms with Crippen LogP contribution in [0.2, 0.25) is 0 Å². The molecular weight excluding hydrogens is 585 g/mol. The third-order valence-corrected chi connectivity index (χ3v) is 7.73. The smallest absolute Gasteiger partial charge is 0.337 e. The van der Waals surface area contributed by atoms with E-state index >= 15 is 0 Å². The maximum absolute atomic E-state index is 13.2. The van der Waals surface area contributed by atoms with Crippen LogP contribution in [0.25, 0.3) is 0 Å². The molecule has 0 bridgehead atoms. The maximum Gasteiger partial charge on any atom is 0.337 e. The predicted octanol–water partition coefficient (Wildman–Crippen LogP) is 4.44. The van der Waals surface area contributed by atoms with Gasteiger partial charge in [0, 0.05) is 15.7 Å². The second-order valence-corrected chi connectivity index (χ2v) is 10.9. The fourth-order valence-corrected chi connectivity index (χ4v) is 5.40. The number of ether oxygens (including phenoxy) is 2. The summed E-state index contributed by atoms with van der Waals surface area (Å²) in [7, 11) is -1.16. The molecule has 188 valence electrons. The summed E-state index contributed by atoms with van der Waals surface area (Å²) in [6, 6.07) is 11.2. The fourth-order valence-electron chi connectivity index (χ4n) is 3.26. The van der Waals surface area contributed by atoms with E-state index in [1.165, 1.54) is 25.2 Å². The molecule has 0 fully saturated rings. The summed E-state index contributed by atoms with van der Waals surface area (Å²) >= 11 is 1.99. The second-order valence-electron chi connectivity index (χ2n) is 7.72. The number of allylic oxidation sites excluding steroid dienone is 1. The van der Waals surface area contributed by atoms with Gasteiger partial charge in [0.05, 0.1) is 36.1 Å². The molecule has 0 spiro atoms. The number of sulfone groups is 1. The summed E-state index contributed by atoms with van der Waals surface area (Å²) in [4.78, 5) is 36.8. The lowest BCUT2D eigenvalue weighted by atomic mass is 10.1. The molecular formula is C25H28INO7S. The molecule has 0 atom stereocenters. The van der Waals surface area contributed by atoms with E-state index in [0.29, 0.717) is 40.5 Å². The molecule has 0 saturated carbocycles. The van der Waals surface area contributed by atoms with Gasteiger partial charge in [0.25, 0.3) is 0 Å². The Hall–Kier alpha value is -2.73. The minimum Gasteiger partial charge on any atom is -0.469 e. The number of halogens is 1. The van der Waals surface area contributed by atoms with Gasteiger partial charge in [0.1, 0.15) is 0 Å². The molecule has 0 aromatic heterocycles. The maximum atomic E-state index is 13.2. The number of unbranched alkanes of at least 4 members (excludes halogenated alkanes) is 2. The highest BCUT2D eigenvalue weighted by Crippen LogP contribution is 2.28. The average molecular weight is 613 g/mol. The van der Waals surface area contributed by atoms with Crippen molar-refractivity contribution in [3.8, 4) is 0 Å². The number of nitrogens with zero attached hydrogens (tertiary/aromatic N) is 1. The summed E-state index contributed by atoms with van der Waals surface area (Å²) in [6.07, 6.45) is 4.13. The lowest BCUT2D eigenvalue weighted by Gasteiger charge is -2.23. The number of amides is 1. The van der Waals surface area contributed by atoms with E-state index in [0.717, 1.165) is 5.56 Å². The Balaban J connectivity index is 2.39. The quantitative estimate of drug-likeness (QED) is 0.151. The Morgan fingerprint density at radius 2 is 1.71 bits per heavy atom. The number of methoxy groups -OCH3 is 2. The van der Waals surface area contributed by atoms with Gasteiger partial charge in [-0.3, -0.25) is 14.5 Å². The number of esters is 2. The highest BCUT2D eigenvalue weighted by atomic mass is 127. The van der Waals surface area contributed by atoms with Crippen molar-refractivity contribution in [1.29, 1.82) is 0 Å². The molecule has 35 heavy (non-hydrogen) atoms. The summed E-state index contributed by atoms with van der Waals surface area (Å²) in [5.74, 6) is -1.23. The molecule has 1 amide bonds. The Morgan fingerprint density at radius 3 is 2.29 bits per heavy atom. The Bertz CT molecular complexity index is 1190. The van der Waals surface area contributed by atoms with Crippen LogP contribution in [-0.4, -0.2) is 46.7 Å². The first-order valence-corrected chi connectivity index (χ1v) is 13.5. The van der Waals surface area contributed by atoms with E-state index in [4.69, 9.17) is 4.74 Å². The van der Waals surface area contributed by atoms with Crippen LogP contribution < -0.4 is 4.90 Å². The SMILES string of the molecule is COC(=O)CCCC/C=C(\CS(=O)(=O)c1ccc(C)cc1)N(C=O)c1ccc(C(=O)OC)cc1I. The van der Waals surface area contributed by atoms with E-state index < -0.39 is 21.6 Å². The number of carbonyl (C=O) groups excluding carboxylic acids is 3. The van der Waals surface area contributed by atoms with Gasteiger partial charge in [0.15, 0.2) is 9.84 Å². The van der Waals surface area contributed by atoms with Crippen LogP contribution in [-0.2, 0) is 28.9 Å². The van der Waals surface area contributed by atoms with Gasteiger partial charge in [-0.15, -0.1) is 0 Å². The van der Waals surface area contributed by atoms with E-state index in [9.17, 15) is 22.8 Å². The van der Waals surface area contributed by atoms with Crippen molar-refractivity contribution in [2.45, 2.75) is 37.5 Å². The normalized spacial score (nSPS) is 11.6. The molecule has 0 aliphatic rings. The molecule has 2 rings (SSSR count). The van der Waals surface area contributed by atoms with Crippen molar-refractivity contribution in [2.24, 2.45) is 0 Å². The number of carbonyl (C=O) groups is 3. The van der Waals surface area contributed by atoms with Crippen LogP contribution in [0, 0.1) is 10.5 Å². The molecule has 2 aromatic rings. The summed E-state index contributed by atoms with van der Waals surface area (Å²) in [5.41, 5.74) is 1.96. The molecule has 8 nitrogen and oxygen atoms in total. The summed E-state index contributed by atoms with van der Waals surface area (Å²) < 4.78 is 36.3. The zero-order chi connectivity index (χ0) is 26.0. The first-order chi connectivity index (χ1) is 16.6.